The molecule has 0 unspecified atom stereocenters. The largest absolute Gasteiger partial charge is 0.360 e. The number of aromatic nitrogens is 2. The molecule has 0 aliphatic carbocycles. The molecule has 0 aliphatic heterocycles. The van der Waals surface area contributed by atoms with Crippen LogP contribution in [0.3, 0.4) is 0 Å². The van der Waals surface area contributed by atoms with Crippen molar-refractivity contribution < 1.29 is 0 Å². The van der Waals surface area contributed by atoms with Crippen LogP contribution in [0.15, 0.2) is 0 Å². The first-order valence-corrected chi connectivity index (χ1v) is 4.58. The van der Waals surface area contributed by atoms with Gasteiger partial charge in [-0.05, 0) is 13.3 Å². The van der Waals surface area contributed by atoms with Gasteiger partial charge in [-0.15, -0.1) is 12.3 Å². The Bertz CT molecular complexity index is 274. The summed E-state index contributed by atoms with van der Waals surface area (Å²) in [4.78, 5) is 4.15. The highest BCUT2D eigenvalue weighted by Gasteiger charge is 1.96. The zero-order chi connectivity index (χ0) is 8.81. The van der Waals surface area contributed by atoms with Crippen molar-refractivity contribution in [3.05, 3.63) is 5.82 Å². The number of terminal acetylenes is 1. The maximum atomic E-state index is 5.11. The fourth-order valence-corrected chi connectivity index (χ4v) is 1.35. The topological polar surface area (TPSA) is 37.8 Å². The normalized spacial score (nSPS) is 9.33. The molecule has 3 nitrogen and oxygen atoms in total. The molecule has 4 heteroatoms. The van der Waals surface area contributed by atoms with Gasteiger partial charge < -0.3 is 5.32 Å². The van der Waals surface area contributed by atoms with Crippen LogP contribution < -0.4 is 5.32 Å². The summed E-state index contributed by atoms with van der Waals surface area (Å²) in [5, 5.41) is 4.03. The maximum absolute atomic E-state index is 5.11. The lowest BCUT2D eigenvalue weighted by atomic mass is 10.3. The standard InChI is InChI=1S/C8H11N3S/c1-3-4-5-6-9-8-10-7(2)11-12-8/h1H,4-6H2,2H3,(H,9,10,11). The van der Waals surface area contributed by atoms with Crippen LogP contribution in [-0.4, -0.2) is 15.9 Å². The first-order valence-electron chi connectivity index (χ1n) is 3.80. The Morgan fingerprint density at radius 3 is 3.08 bits per heavy atom. The predicted octanol–water partition coefficient (Wildman–Crippen LogP) is 1.67. The maximum Gasteiger partial charge on any atom is 0.202 e. The number of hydrogen-bond donors (Lipinski definition) is 1. The molecule has 0 amide bonds. The van der Waals surface area contributed by atoms with Gasteiger partial charge in [0.25, 0.3) is 0 Å². The third-order valence-electron chi connectivity index (χ3n) is 1.30. The van der Waals surface area contributed by atoms with E-state index in [0.29, 0.717) is 0 Å². The molecule has 1 N–H and O–H groups in total. The molecule has 0 atom stereocenters. The number of nitrogens with one attached hydrogen (secondary N) is 1. The minimum absolute atomic E-state index is 0.810. The molecule has 0 fully saturated rings. The van der Waals surface area contributed by atoms with E-state index in [1.165, 1.54) is 11.5 Å². The van der Waals surface area contributed by atoms with Gasteiger partial charge in [0, 0.05) is 24.5 Å². The highest BCUT2D eigenvalue weighted by Crippen LogP contribution is 2.09. The molecule has 1 aromatic rings. The lowest BCUT2D eigenvalue weighted by Gasteiger charge is -1.97. The number of unbranched alkanes of at least 4 members (excludes halogenated alkanes) is 1. The summed E-state index contributed by atoms with van der Waals surface area (Å²) in [7, 11) is 0. The molecule has 1 heterocycles. The minimum Gasteiger partial charge on any atom is -0.360 e. The second-order valence-electron chi connectivity index (χ2n) is 2.38. The smallest absolute Gasteiger partial charge is 0.202 e. The Morgan fingerprint density at radius 2 is 2.50 bits per heavy atom. The van der Waals surface area contributed by atoms with Crippen LogP contribution >= 0.6 is 11.5 Å². The molecule has 64 valence electrons. The summed E-state index contributed by atoms with van der Waals surface area (Å²) in [5.41, 5.74) is 0. The number of hydrogen-bond acceptors (Lipinski definition) is 4. The minimum atomic E-state index is 0.810. The van der Waals surface area contributed by atoms with Crippen molar-refractivity contribution in [2.24, 2.45) is 0 Å². The molecule has 0 bridgehead atoms. The number of anilines is 1. The van der Waals surface area contributed by atoms with Gasteiger partial charge in [-0.3, -0.25) is 0 Å². The second kappa shape index (κ2) is 4.73. The average molecular weight is 181 g/mol. The van der Waals surface area contributed by atoms with Gasteiger partial charge in [0.1, 0.15) is 5.82 Å². The Morgan fingerprint density at radius 1 is 1.67 bits per heavy atom. The Kier molecular flexibility index (Phi) is 3.55. The molecule has 0 aromatic carbocycles. The summed E-state index contributed by atoms with van der Waals surface area (Å²) in [6, 6.07) is 0. The second-order valence-corrected chi connectivity index (χ2v) is 3.13. The zero-order valence-electron chi connectivity index (χ0n) is 7.00. The average Bonchev–Trinajstić information content (AvgIpc) is 2.45. The van der Waals surface area contributed by atoms with E-state index in [4.69, 9.17) is 6.42 Å². The van der Waals surface area contributed by atoms with Crippen molar-refractivity contribution >= 4 is 16.7 Å². The molecule has 0 spiro atoms. The third-order valence-corrected chi connectivity index (χ3v) is 2.07. The summed E-state index contributed by atoms with van der Waals surface area (Å²) in [6.45, 7) is 2.75. The number of rotatable bonds is 4. The lowest BCUT2D eigenvalue weighted by Crippen LogP contribution is -2.00. The lowest BCUT2D eigenvalue weighted by molar-refractivity contribution is 0.904. The van der Waals surface area contributed by atoms with Gasteiger partial charge in [-0.1, -0.05) is 0 Å². The van der Waals surface area contributed by atoms with E-state index in [1.807, 2.05) is 6.92 Å². The van der Waals surface area contributed by atoms with Crippen LogP contribution in [0, 0.1) is 19.3 Å². The Hall–Kier alpha value is -1.08. The van der Waals surface area contributed by atoms with Gasteiger partial charge in [-0.25, -0.2) is 4.98 Å². The van der Waals surface area contributed by atoms with E-state index in [-0.39, 0.29) is 0 Å². The van der Waals surface area contributed by atoms with Crippen molar-refractivity contribution in [2.45, 2.75) is 19.8 Å². The van der Waals surface area contributed by atoms with Gasteiger partial charge >= 0.3 is 0 Å². The highest BCUT2D eigenvalue weighted by molar-refractivity contribution is 7.09. The van der Waals surface area contributed by atoms with E-state index in [9.17, 15) is 0 Å². The van der Waals surface area contributed by atoms with Crippen molar-refractivity contribution in [2.75, 3.05) is 11.9 Å². The van der Waals surface area contributed by atoms with Crippen LogP contribution in [0.1, 0.15) is 18.7 Å². The predicted molar refractivity (Wildman–Crippen MR) is 51.2 cm³/mol. The molecular formula is C8H11N3S. The molecule has 1 aromatic heterocycles. The Balaban J connectivity index is 2.21. The summed E-state index contributed by atoms with van der Waals surface area (Å²) < 4.78 is 4.04. The van der Waals surface area contributed by atoms with Crippen molar-refractivity contribution in [3.8, 4) is 12.3 Å². The molecule has 1 rings (SSSR count). The monoisotopic (exact) mass is 181 g/mol. The summed E-state index contributed by atoms with van der Waals surface area (Å²) in [5.74, 6) is 3.41. The van der Waals surface area contributed by atoms with E-state index < -0.39 is 0 Å². The molecule has 12 heavy (non-hydrogen) atoms. The summed E-state index contributed by atoms with van der Waals surface area (Å²) >= 11 is 1.38. The van der Waals surface area contributed by atoms with Crippen molar-refractivity contribution in [3.63, 3.8) is 0 Å². The number of nitrogens with zero attached hydrogens (tertiary/aromatic N) is 2. The van der Waals surface area contributed by atoms with Gasteiger partial charge in [0.2, 0.25) is 5.13 Å². The first kappa shape index (κ1) is 9.01. The molecular weight excluding hydrogens is 170 g/mol. The molecule has 0 saturated carbocycles. The van der Waals surface area contributed by atoms with E-state index in [0.717, 1.165) is 30.3 Å². The van der Waals surface area contributed by atoms with Crippen LogP contribution in [0.2, 0.25) is 0 Å². The highest BCUT2D eigenvalue weighted by atomic mass is 32.1. The van der Waals surface area contributed by atoms with Gasteiger partial charge in [0.05, 0.1) is 0 Å². The van der Waals surface area contributed by atoms with Crippen molar-refractivity contribution in [1.29, 1.82) is 0 Å². The van der Waals surface area contributed by atoms with E-state index in [1.54, 1.807) is 0 Å². The molecule has 0 saturated heterocycles. The van der Waals surface area contributed by atoms with Crippen LogP contribution in [0.4, 0.5) is 5.13 Å². The van der Waals surface area contributed by atoms with Crippen LogP contribution in [-0.2, 0) is 0 Å². The first-order chi connectivity index (χ1) is 5.83. The van der Waals surface area contributed by atoms with Gasteiger partial charge in [0.15, 0.2) is 0 Å². The fourth-order valence-electron chi connectivity index (χ4n) is 0.755. The van der Waals surface area contributed by atoms with E-state index >= 15 is 0 Å². The quantitative estimate of drug-likeness (QED) is 0.567. The van der Waals surface area contributed by atoms with Gasteiger partial charge in [-0.2, -0.15) is 4.37 Å². The SMILES string of the molecule is C#CCCCNc1nc(C)ns1. The Labute approximate surface area is 76.4 Å². The van der Waals surface area contributed by atoms with Crippen molar-refractivity contribution in [1.82, 2.24) is 9.36 Å². The number of aryl methyl sites for hydroxylation is 1. The molecule has 0 aliphatic rings. The summed E-state index contributed by atoms with van der Waals surface area (Å²) in [6.07, 6.45) is 6.90. The van der Waals surface area contributed by atoms with Crippen LogP contribution in [0.25, 0.3) is 0 Å². The molecule has 0 radical (unpaired) electrons. The fraction of sp³-hybridized carbons (Fsp3) is 0.500. The van der Waals surface area contributed by atoms with Crippen LogP contribution in [0.5, 0.6) is 0 Å². The third kappa shape index (κ3) is 2.89. The van der Waals surface area contributed by atoms with E-state index in [2.05, 4.69) is 20.6 Å². The zero-order valence-corrected chi connectivity index (χ0v) is 7.82.